The lowest BCUT2D eigenvalue weighted by atomic mass is 9.98. The fourth-order valence-corrected chi connectivity index (χ4v) is 10.6. The van der Waals surface area contributed by atoms with Crippen LogP contribution in [-0.4, -0.2) is 248 Å². The van der Waals surface area contributed by atoms with Gasteiger partial charge in [0.15, 0.2) is 73.8 Å². The third-order valence-electron chi connectivity index (χ3n) is 14.4. The summed E-state index contributed by atoms with van der Waals surface area (Å²) in [7, 11) is 0. The van der Waals surface area contributed by atoms with Crippen LogP contribution in [0.5, 0.6) is 17.2 Å². The zero-order chi connectivity index (χ0) is 76.6. The van der Waals surface area contributed by atoms with Crippen molar-refractivity contribution >= 4 is 71.6 Å². The Labute approximate surface area is 597 Å². The zero-order valence-corrected chi connectivity index (χ0v) is 59.1. The summed E-state index contributed by atoms with van der Waals surface area (Å²) in [6, 6.07) is 4.72. The topological polar surface area (TPSA) is 491 Å². The molecule has 4 aromatic rings. The van der Waals surface area contributed by atoms with Gasteiger partial charge in [-0.05, 0) is 0 Å². The van der Waals surface area contributed by atoms with Gasteiger partial charge in [-0.3, -0.25) is 57.5 Å². The van der Waals surface area contributed by atoms with Crippen molar-refractivity contribution in [2.75, 3.05) is 39.6 Å². The zero-order valence-electron chi connectivity index (χ0n) is 59.1. The molecule has 3 aliphatic rings. The fourth-order valence-electron chi connectivity index (χ4n) is 10.6. The molecule has 0 amide bonds. The molecule has 42 heteroatoms. The van der Waals surface area contributed by atoms with Crippen LogP contribution in [0, 0.1) is 0 Å². The van der Waals surface area contributed by atoms with Gasteiger partial charge in [0.2, 0.25) is 0 Å². The number of benzene rings is 1. The smallest absolute Gasteiger partial charge is 0.303 e. The van der Waals surface area contributed by atoms with Crippen LogP contribution in [0.1, 0.15) is 100 Å². The fraction of sp³-hybridized carbons (Fsp3) is 0.619. The second-order valence-corrected chi connectivity index (χ2v) is 23.2. The molecule has 0 saturated carbocycles. The molecule has 3 fully saturated rings. The Morgan fingerprint density at radius 3 is 0.752 bits per heavy atom. The number of carbonyl (C=O) groups is 12. The molecular formula is C63H81N9O33. The predicted octanol–water partition coefficient (Wildman–Crippen LogP) is -0.503. The molecule has 7 rings (SSSR count). The first-order chi connectivity index (χ1) is 49.9. The molecule has 42 nitrogen and oxygen atoms in total. The van der Waals surface area contributed by atoms with E-state index in [0.29, 0.717) is 0 Å². The van der Waals surface area contributed by atoms with Crippen LogP contribution >= 0.6 is 0 Å². The van der Waals surface area contributed by atoms with Crippen LogP contribution in [0.3, 0.4) is 0 Å². The number of aromatic nitrogens is 9. The van der Waals surface area contributed by atoms with Gasteiger partial charge in [0.1, 0.15) is 92.3 Å². The van der Waals surface area contributed by atoms with Crippen molar-refractivity contribution in [3.63, 3.8) is 0 Å². The molecule has 1 aromatic carbocycles. The first kappa shape index (κ1) is 81.7. The van der Waals surface area contributed by atoms with Crippen molar-refractivity contribution in [1.82, 2.24) is 45.0 Å². The van der Waals surface area contributed by atoms with E-state index in [4.69, 9.17) is 99.5 Å². The van der Waals surface area contributed by atoms with E-state index in [0.717, 1.165) is 83.1 Å². The molecular weight excluding hydrogens is 1410 g/mol. The monoisotopic (exact) mass is 1490 g/mol. The summed E-state index contributed by atoms with van der Waals surface area (Å²) < 4.78 is 124. The predicted molar refractivity (Wildman–Crippen MR) is 333 cm³/mol. The normalized spacial score (nSPS) is 24.1. The number of ether oxygens (including phenoxy) is 21. The molecule has 0 radical (unpaired) electrons. The maximum absolute atomic E-state index is 12.4. The van der Waals surface area contributed by atoms with E-state index >= 15 is 0 Å². The number of esters is 12. The molecule has 6 heterocycles. The molecule has 3 aromatic heterocycles. The lowest BCUT2D eigenvalue weighted by Crippen LogP contribution is -2.62. The summed E-state index contributed by atoms with van der Waals surface area (Å²) in [5.74, 6) is -8.77. The Morgan fingerprint density at radius 2 is 0.533 bits per heavy atom. The molecule has 3 aliphatic heterocycles. The lowest BCUT2D eigenvalue weighted by Gasteiger charge is -2.43. The molecule has 0 bridgehead atoms. The summed E-state index contributed by atoms with van der Waals surface area (Å²) in [6.45, 7) is 10.9. The van der Waals surface area contributed by atoms with Crippen molar-refractivity contribution < 1.29 is 157 Å². The van der Waals surface area contributed by atoms with Crippen LogP contribution in [0.15, 0.2) is 36.8 Å². The maximum atomic E-state index is 12.4. The second-order valence-electron chi connectivity index (χ2n) is 23.2. The number of nitrogens with zero attached hydrogens (tertiary/aromatic N) is 9. The Kier molecular flexibility index (Phi) is 30.6. The quantitative estimate of drug-likeness (QED) is 0.0409. The summed E-state index contributed by atoms with van der Waals surface area (Å²) >= 11 is 0. The van der Waals surface area contributed by atoms with E-state index in [1.807, 2.05) is 0 Å². The Balaban J connectivity index is 1.04. The Morgan fingerprint density at radius 1 is 0.314 bits per heavy atom. The standard InChI is InChI=1S/C63H81N9O33/c1-31(73)88-28-49-52(94-34(4)76)55(97-37(7)79)58(100-40(10)82)61(103-49)91-25-43-22-70(67-64-43)13-16-85-46-19-47(86-17-14-71-23-44(65-68-71)26-92-62-59(101-41(11)83)56(98-38(8)80)53(95-35(5)77)50(104-62)29-89-32(2)74)21-48(20-46)87-18-15-72-24-45(66-69-72)27-93-63-60(102-42(12)84)57(99-39(9)81)54(96-36(6)78)51(105-63)30-90-33(3)75/h19-24,49-63H,13-18,25-30H2,1-12H3/t49-,50-,51-,52-,53-,54-,55+,56+,57+,58+,59+,60+,61+,62+,63+/m1/s1. The van der Waals surface area contributed by atoms with Crippen molar-refractivity contribution in [2.45, 2.75) is 215 Å². The third kappa shape index (κ3) is 26.3. The van der Waals surface area contributed by atoms with Crippen LogP contribution in [-0.2, 0) is 182 Å². The highest BCUT2D eigenvalue weighted by atomic mass is 16.8. The summed E-state index contributed by atoms with van der Waals surface area (Å²) in [4.78, 5) is 146. The third-order valence-corrected chi connectivity index (χ3v) is 14.4. The van der Waals surface area contributed by atoms with Crippen LogP contribution < -0.4 is 14.2 Å². The van der Waals surface area contributed by atoms with E-state index < -0.39 is 184 Å². The van der Waals surface area contributed by atoms with Gasteiger partial charge in [0, 0.05) is 101 Å². The van der Waals surface area contributed by atoms with E-state index in [2.05, 4.69) is 30.9 Å². The van der Waals surface area contributed by atoms with Gasteiger partial charge in [-0.15, -0.1) is 15.3 Å². The highest BCUT2D eigenvalue weighted by molar-refractivity contribution is 5.71. The van der Waals surface area contributed by atoms with Gasteiger partial charge >= 0.3 is 71.6 Å². The molecule has 0 aliphatic carbocycles. The maximum Gasteiger partial charge on any atom is 0.303 e. The Hall–Kier alpha value is -10.6. The molecule has 3 saturated heterocycles. The molecule has 576 valence electrons. The van der Waals surface area contributed by atoms with E-state index in [1.54, 1.807) is 18.2 Å². The molecule has 105 heavy (non-hydrogen) atoms. The Bertz CT molecular complexity index is 3290. The molecule has 15 atom stereocenters. The minimum atomic E-state index is -1.49. The number of hydrogen-bond donors (Lipinski definition) is 0. The minimum Gasteiger partial charge on any atom is -0.491 e. The van der Waals surface area contributed by atoms with Gasteiger partial charge in [0.25, 0.3) is 0 Å². The highest BCUT2D eigenvalue weighted by Crippen LogP contribution is 2.35. The van der Waals surface area contributed by atoms with E-state index in [9.17, 15) is 57.5 Å². The second kappa shape index (κ2) is 39.4. The highest BCUT2D eigenvalue weighted by Gasteiger charge is 2.56. The van der Waals surface area contributed by atoms with E-state index in [-0.39, 0.29) is 93.6 Å². The summed E-state index contributed by atoms with van der Waals surface area (Å²) in [5.41, 5.74) is 0.702. The molecule has 0 spiro atoms. The average Bonchev–Trinajstić information content (AvgIpc) is 1.79. The van der Waals surface area contributed by atoms with Gasteiger partial charge in [-0.1, -0.05) is 15.6 Å². The van der Waals surface area contributed by atoms with Crippen LogP contribution in [0.4, 0.5) is 0 Å². The lowest BCUT2D eigenvalue weighted by molar-refractivity contribution is -0.310. The number of hydrogen-bond acceptors (Lipinski definition) is 39. The molecule has 0 N–H and O–H groups in total. The summed E-state index contributed by atoms with van der Waals surface area (Å²) in [6.07, 6.45) is -16.8. The van der Waals surface area contributed by atoms with Crippen LogP contribution in [0.25, 0.3) is 0 Å². The first-order valence-electron chi connectivity index (χ1n) is 32.3. The van der Waals surface area contributed by atoms with Crippen molar-refractivity contribution in [1.29, 1.82) is 0 Å². The molecule has 0 unspecified atom stereocenters. The van der Waals surface area contributed by atoms with Gasteiger partial charge in [-0.25, -0.2) is 14.0 Å². The number of rotatable bonds is 36. The van der Waals surface area contributed by atoms with E-state index in [1.165, 1.54) is 32.6 Å². The summed E-state index contributed by atoms with van der Waals surface area (Å²) in [5, 5.41) is 25.0. The number of carbonyl (C=O) groups excluding carboxylic acids is 12. The largest absolute Gasteiger partial charge is 0.491 e. The van der Waals surface area contributed by atoms with Gasteiger partial charge < -0.3 is 99.5 Å². The SMILES string of the molecule is CC(=O)OC[C@H]1O[C@H](OCc2cn(CCOc3cc(OCCn4cc(CO[C@H]5O[C@H](COC(C)=O)[C@@H](OC(C)=O)[C@H](OC(C)=O)[C@@H]5OC(C)=O)nn4)cc(OCCn4cc(CO[C@H]5O[C@H](COC(C)=O)[C@@H](OC(C)=O)[C@H](OC(C)=O)[C@@H]5OC(C)=O)nn4)c3)nn2)[C@@H](OC(C)=O)[C@@H](OC(C)=O)[C@@H]1OC(C)=O. The van der Waals surface area contributed by atoms with Crippen LogP contribution in [0.2, 0.25) is 0 Å². The van der Waals surface area contributed by atoms with Gasteiger partial charge in [-0.2, -0.15) is 0 Å². The average molecular weight is 1490 g/mol. The van der Waals surface area contributed by atoms with Crippen molar-refractivity contribution in [2.24, 2.45) is 0 Å². The van der Waals surface area contributed by atoms with Gasteiger partial charge in [0.05, 0.1) is 58.0 Å². The minimum absolute atomic E-state index is 0.0328. The van der Waals surface area contributed by atoms with Crippen molar-refractivity contribution in [3.05, 3.63) is 53.9 Å². The first-order valence-corrected chi connectivity index (χ1v) is 32.3. The van der Waals surface area contributed by atoms with Crippen molar-refractivity contribution in [3.8, 4) is 17.2 Å².